The number of hydrogen-bond acceptors (Lipinski definition) is 1. The molecule has 1 nitrogen and oxygen atoms in total. The lowest BCUT2D eigenvalue weighted by Crippen LogP contribution is -2.37. The van der Waals surface area contributed by atoms with Gasteiger partial charge in [0.1, 0.15) is 0 Å². The molecule has 1 heteroatoms. The molecule has 2 N–H and O–H groups in total. The van der Waals surface area contributed by atoms with E-state index in [2.05, 4.69) is 20.8 Å². The molecular formula is C11H23N. The van der Waals surface area contributed by atoms with Crippen molar-refractivity contribution < 1.29 is 0 Å². The van der Waals surface area contributed by atoms with Crippen LogP contribution >= 0.6 is 0 Å². The van der Waals surface area contributed by atoms with Crippen LogP contribution in [0.1, 0.15) is 46.5 Å². The second-order valence-corrected chi connectivity index (χ2v) is 4.75. The molecule has 0 aliphatic heterocycles. The van der Waals surface area contributed by atoms with Crippen molar-refractivity contribution in [3.05, 3.63) is 0 Å². The molecule has 0 bridgehead atoms. The molecule has 0 spiro atoms. The molecule has 1 fully saturated rings. The molecule has 0 aromatic heterocycles. The van der Waals surface area contributed by atoms with Crippen molar-refractivity contribution in [1.82, 2.24) is 0 Å². The molecule has 0 aromatic rings. The van der Waals surface area contributed by atoms with E-state index in [0.29, 0.717) is 6.04 Å². The maximum atomic E-state index is 5.76. The molecule has 1 unspecified atom stereocenters. The van der Waals surface area contributed by atoms with Gasteiger partial charge in [0, 0.05) is 6.04 Å². The van der Waals surface area contributed by atoms with Gasteiger partial charge in [-0.15, -0.1) is 0 Å². The normalized spacial score (nSPS) is 31.8. The maximum absolute atomic E-state index is 5.76. The van der Waals surface area contributed by atoms with E-state index in [1.54, 1.807) is 0 Å². The molecule has 0 amide bonds. The summed E-state index contributed by atoms with van der Waals surface area (Å²) in [6, 6.07) is 0.527. The summed E-state index contributed by atoms with van der Waals surface area (Å²) in [5, 5.41) is 0. The minimum absolute atomic E-state index is 0.527. The molecule has 72 valence electrons. The highest BCUT2D eigenvalue weighted by Gasteiger charge is 2.28. The third kappa shape index (κ3) is 2.48. The van der Waals surface area contributed by atoms with Crippen molar-refractivity contribution in [3.8, 4) is 0 Å². The average Bonchev–Trinajstić information content (AvgIpc) is 1.95. The zero-order valence-corrected chi connectivity index (χ0v) is 8.72. The number of hydrogen-bond donors (Lipinski definition) is 1. The van der Waals surface area contributed by atoms with Crippen LogP contribution in [-0.4, -0.2) is 6.04 Å². The Morgan fingerprint density at radius 1 is 1.33 bits per heavy atom. The monoisotopic (exact) mass is 169 g/mol. The molecular weight excluding hydrogens is 146 g/mol. The first-order valence-electron chi connectivity index (χ1n) is 5.39. The first kappa shape index (κ1) is 10.0. The topological polar surface area (TPSA) is 26.0 Å². The smallest absolute Gasteiger partial charge is 0.00441 e. The Labute approximate surface area is 76.7 Å². The van der Waals surface area contributed by atoms with Gasteiger partial charge >= 0.3 is 0 Å². The minimum atomic E-state index is 0.527. The van der Waals surface area contributed by atoms with Gasteiger partial charge in [-0.05, 0) is 37.0 Å². The summed E-state index contributed by atoms with van der Waals surface area (Å²) in [6.07, 6.45) is 5.32. The highest BCUT2D eigenvalue weighted by atomic mass is 14.7. The van der Waals surface area contributed by atoms with Crippen LogP contribution in [0.2, 0.25) is 0 Å². The summed E-state index contributed by atoms with van der Waals surface area (Å²) in [5.74, 6) is 2.74. The molecule has 0 radical (unpaired) electrons. The van der Waals surface area contributed by atoms with Crippen molar-refractivity contribution in [2.45, 2.75) is 52.5 Å². The van der Waals surface area contributed by atoms with E-state index in [1.165, 1.54) is 25.7 Å². The Hall–Kier alpha value is -0.0400. The van der Waals surface area contributed by atoms with Crippen molar-refractivity contribution in [2.75, 3.05) is 0 Å². The molecule has 0 aromatic carbocycles. The van der Waals surface area contributed by atoms with Crippen molar-refractivity contribution in [3.63, 3.8) is 0 Å². The molecule has 1 aliphatic carbocycles. The minimum Gasteiger partial charge on any atom is -0.328 e. The summed E-state index contributed by atoms with van der Waals surface area (Å²) in [4.78, 5) is 0. The lowest BCUT2D eigenvalue weighted by molar-refractivity contribution is 0.187. The van der Waals surface area contributed by atoms with Crippen molar-refractivity contribution in [2.24, 2.45) is 23.5 Å². The lowest BCUT2D eigenvalue weighted by Gasteiger charge is -2.36. The molecule has 1 saturated carbocycles. The predicted octanol–water partition coefficient (Wildman–Crippen LogP) is 2.80. The van der Waals surface area contributed by atoms with Crippen LogP contribution in [0.5, 0.6) is 0 Å². The standard InChI is InChI=1S/C11H23N/c1-4-10(8(2)3)5-9-6-11(12)7-9/h8-11H,4-7,12H2,1-3H3. The van der Waals surface area contributed by atoms with Crippen LogP contribution in [0.15, 0.2) is 0 Å². The van der Waals surface area contributed by atoms with Gasteiger partial charge in [-0.25, -0.2) is 0 Å². The predicted molar refractivity (Wildman–Crippen MR) is 53.9 cm³/mol. The van der Waals surface area contributed by atoms with Crippen LogP contribution in [0, 0.1) is 17.8 Å². The van der Waals surface area contributed by atoms with Crippen LogP contribution in [-0.2, 0) is 0 Å². The van der Waals surface area contributed by atoms with Crippen molar-refractivity contribution >= 4 is 0 Å². The van der Waals surface area contributed by atoms with Crippen molar-refractivity contribution in [1.29, 1.82) is 0 Å². The third-order valence-corrected chi connectivity index (χ3v) is 3.38. The van der Waals surface area contributed by atoms with Crippen LogP contribution in [0.4, 0.5) is 0 Å². The van der Waals surface area contributed by atoms with E-state index < -0.39 is 0 Å². The number of nitrogens with two attached hydrogens (primary N) is 1. The zero-order chi connectivity index (χ0) is 9.14. The fourth-order valence-electron chi connectivity index (χ4n) is 2.32. The van der Waals surface area contributed by atoms with E-state index in [9.17, 15) is 0 Å². The quantitative estimate of drug-likeness (QED) is 0.688. The van der Waals surface area contributed by atoms with Gasteiger partial charge in [0.2, 0.25) is 0 Å². The molecule has 1 atom stereocenters. The van der Waals surface area contributed by atoms with Crippen LogP contribution in [0.25, 0.3) is 0 Å². The SMILES string of the molecule is CCC(CC1CC(N)C1)C(C)C. The maximum Gasteiger partial charge on any atom is 0.00441 e. The van der Waals surface area contributed by atoms with E-state index >= 15 is 0 Å². The summed E-state index contributed by atoms with van der Waals surface area (Å²) >= 11 is 0. The van der Waals surface area contributed by atoms with Gasteiger partial charge in [0.15, 0.2) is 0 Å². The Kier molecular flexibility index (Phi) is 3.57. The van der Waals surface area contributed by atoms with Gasteiger partial charge in [0.05, 0.1) is 0 Å². The number of rotatable bonds is 4. The van der Waals surface area contributed by atoms with Gasteiger partial charge in [-0.2, -0.15) is 0 Å². The van der Waals surface area contributed by atoms with Gasteiger partial charge in [0.25, 0.3) is 0 Å². The summed E-state index contributed by atoms with van der Waals surface area (Å²) < 4.78 is 0. The van der Waals surface area contributed by atoms with E-state index in [0.717, 1.165) is 17.8 Å². The van der Waals surface area contributed by atoms with Gasteiger partial charge in [-0.3, -0.25) is 0 Å². The Balaban J connectivity index is 2.19. The third-order valence-electron chi connectivity index (χ3n) is 3.38. The summed E-state index contributed by atoms with van der Waals surface area (Å²) in [7, 11) is 0. The summed E-state index contributed by atoms with van der Waals surface area (Å²) in [6.45, 7) is 6.99. The second-order valence-electron chi connectivity index (χ2n) is 4.75. The second kappa shape index (κ2) is 4.27. The van der Waals surface area contributed by atoms with E-state index in [-0.39, 0.29) is 0 Å². The molecule has 1 rings (SSSR count). The van der Waals surface area contributed by atoms with E-state index in [1.807, 2.05) is 0 Å². The Morgan fingerprint density at radius 2 is 1.92 bits per heavy atom. The van der Waals surface area contributed by atoms with E-state index in [4.69, 9.17) is 5.73 Å². The molecule has 12 heavy (non-hydrogen) atoms. The average molecular weight is 169 g/mol. The highest BCUT2D eigenvalue weighted by Crippen LogP contribution is 2.34. The molecule has 0 saturated heterocycles. The van der Waals surface area contributed by atoms with Crippen LogP contribution < -0.4 is 5.73 Å². The summed E-state index contributed by atoms with van der Waals surface area (Å²) in [5.41, 5.74) is 5.76. The highest BCUT2D eigenvalue weighted by molar-refractivity contribution is 4.83. The fourth-order valence-corrected chi connectivity index (χ4v) is 2.32. The van der Waals surface area contributed by atoms with Crippen LogP contribution in [0.3, 0.4) is 0 Å². The largest absolute Gasteiger partial charge is 0.328 e. The zero-order valence-electron chi connectivity index (χ0n) is 8.72. The molecule has 0 heterocycles. The van der Waals surface area contributed by atoms with Gasteiger partial charge < -0.3 is 5.73 Å². The first-order chi connectivity index (χ1) is 5.63. The first-order valence-corrected chi connectivity index (χ1v) is 5.39. The molecule has 1 aliphatic rings. The lowest BCUT2D eigenvalue weighted by atomic mass is 9.73. The fraction of sp³-hybridized carbons (Fsp3) is 1.00. The van der Waals surface area contributed by atoms with Gasteiger partial charge in [-0.1, -0.05) is 27.2 Å². The Morgan fingerprint density at radius 3 is 2.25 bits per heavy atom. The Bertz CT molecular complexity index is 125.